The lowest BCUT2D eigenvalue weighted by Crippen LogP contribution is -2.34. The van der Waals surface area contributed by atoms with Crippen molar-refractivity contribution in [2.45, 2.75) is 18.7 Å². The van der Waals surface area contributed by atoms with Crippen LogP contribution in [-0.2, 0) is 10.0 Å². The van der Waals surface area contributed by atoms with Gasteiger partial charge in [-0.25, -0.2) is 13.1 Å². The number of sulfonamides is 1. The SMILES string of the molecule is CCOc1ccccc1C(=O)NCCNS(=O)(=O)c1ccc(C)cc1. The predicted octanol–water partition coefficient (Wildman–Crippen LogP) is 2.10. The molecule has 6 nitrogen and oxygen atoms in total. The van der Waals surface area contributed by atoms with Crippen LogP contribution in [0.25, 0.3) is 0 Å². The van der Waals surface area contributed by atoms with Crippen molar-refractivity contribution >= 4 is 15.9 Å². The zero-order valence-electron chi connectivity index (χ0n) is 14.3. The Bertz CT molecular complexity index is 817. The van der Waals surface area contributed by atoms with E-state index in [1.54, 1.807) is 48.5 Å². The Balaban J connectivity index is 1.88. The fraction of sp³-hybridized carbons (Fsp3) is 0.278. The quantitative estimate of drug-likeness (QED) is 0.705. The number of benzene rings is 2. The van der Waals surface area contributed by atoms with Crippen LogP contribution in [0.2, 0.25) is 0 Å². The van der Waals surface area contributed by atoms with Gasteiger partial charge in [0.1, 0.15) is 5.75 Å². The first-order valence-electron chi connectivity index (χ1n) is 8.00. The summed E-state index contributed by atoms with van der Waals surface area (Å²) in [6.07, 6.45) is 0. The molecule has 0 heterocycles. The van der Waals surface area contributed by atoms with Crippen molar-refractivity contribution in [3.63, 3.8) is 0 Å². The van der Waals surface area contributed by atoms with Crippen LogP contribution in [0.1, 0.15) is 22.8 Å². The van der Waals surface area contributed by atoms with Gasteiger partial charge in [-0.1, -0.05) is 29.8 Å². The zero-order chi connectivity index (χ0) is 18.3. The molecule has 0 radical (unpaired) electrons. The van der Waals surface area contributed by atoms with Crippen LogP contribution in [0.3, 0.4) is 0 Å². The summed E-state index contributed by atoms with van der Waals surface area (Å²) in [6.45, 7) is 4.46. The first-order chi connectivity index (χ1) is 11.9. The van der Waals surface area contributed by atoms with Gasteiger partial charge in [-0.3, -0.25) is 4.79 Å². The highest BCUT2D eigenvalue weighted by Crippen LogP contribution is 2.17. The molecule has 0 aliphatic heterocycles. The van der Waals surface area contributed by atoms with Crippen LogP contribution in [0.5, 0.6) is 5.75 Å². The molecule has 2 N–H and O–H groups in total. The Labute approximate surface area is 148 Å². The molecule has 1 amide bonds. The zero-order valence-corrected chi connectivity index (χ0v) is 15.1. The number of para-hydroxylation sites is 1. The number of carbonyl (C=O) groups excluding carboxylic acids is 1. The maximum Gasteiger partial charge on any atom is 0.255 e. The van der Waals surface area contributed by atoms with Gasteiger partial charge in [0.25, 0.3) is 5.91 Å². The first-order valence-corrected chi connectivity index (χ1v) is 9.48. The third-order valence-electron chi connectivity index (χ3n) is 3.47. The van der Waals surface area contributed by atoms with Crippen molar-refractivity contribution in [3.05, 3.63) is 59.7 Å². The molecular formula is C18H22N2O4S. The van der Waals surface area contributed by atoms with Crippen LogP contribution in [0.4, 0.5) is 0 Å². The van der Waals surface area contributed by atoms with Crippen LogP contribution < -0.4 is 14.8 Å². The Morgan fingerprint density at radius 3 is 2.40 bits per heavy atom. The summed E-state index contributed by atoms with van der Waals surface area (Å²) < 4.78 is 32.2. The van der Waals surface area contributed by atoms with Gasteiger partial charge in [0.15, 0.2) is 0 Å². The lowest BCUT2D eigenvalue weighted by Gasteiger charge is -2.11. The average molecular weight is 362 g/mol. The highest BCUT2D eigenvalue weighted by atomic mass is 32.2. The number of aryl methyl sites for hydroxylation is 1. The Morgan fingerprint density at radius 1 is 1.04 bits per heavy atom. The van der Waals surface area contributed by atoms with E-state index < -0.39 is 10.0 Å². The van der Waals surface area contributed by atoms with Gasteiger partial charge in [0.05, 0.1) is 17.1 Å². The molecule has 0 aliphatic carbocycles. The average Bonchev–Trinajstić information content (AvgIpc) is 2.60. The molecule has 2 aromatic carbocycles. The van der Waals surface area contributed by atoms with E-state index in [4.69, 9.17) is 4.74 Å². The summed E-state index contributed by atoms with van der Waals surface area (Å²) in [5.74, 6) is 0.196. The summed E-state index contributed by atoms with van der Waals surface area (Å²) in [5.41, 5.74) is 1.41. The van der Waals surface area contributed by atoms with Crippen molar-refractivity contribution in [1.29, 1.82) is 0 Å². The summed E-state index contributed by atoms with van der Waals surface area (Å²) in [5, 5.41) is 2.69. The number of amides is 1. The highest BCUT2D eigenvalue weighted by molar-refractivity contribution is 7.89. The van der Waals surface area contributed by atoms with Gasteiger partial charge in [-0.2, -0.15) is 0 Å². The summed E-state index contributed by atoms with van der Waals surface area (Å²) in [4.78, 5) is 12.4. The smallest absolute Gasteiger partial charge is 0.255 e. The maximum atomic E-state index is 12.2. The van der Waals surface area contributed by atoms with Gasteiger partial charge in [0.2, 0.25) is 10.0 Å². The Morgan fingerprint density at radius 2 is 1.72 bits per heavy atom. The normalized spacial score (nSPS) is 11.1. The van der Waals surface area contributed by atoms with E-state index in [1.807, 2.05) is 13.8 Å². The van der Waals surface area contributed by atoms with E-state index in [0.29, 0.717) is 17.9 Å². The molecule has 7 heteroatoms. The Kier molecular flexibility index (Phi) is 6.55. The summed E-state index contributed by atoms with van der Waals surface area (Å²) >= 11 is 0. The second-order valence-corrected chi connectivity index (χ2v) is 7.16. The number of nitrogens with one attached hydrogen (secondary N) is 2. The standard InChI is InChI=1S/C18H22N2O4S/c1-3-24-17-7-5-4-6-16(17)18(21)19-12-13-20-25(22,23)15-10-8-14(2)9-11-15/h4-11,20H,3,12-13H2,1-2H3,(H,19,21). The maximum absolute atomic E-state index is 12.2. The van der Waals surface area contributed by atoms with Crippen LogP contribution in [0.15, 0.2) is 53.4 Å². The second kappa shape index (κ2) is 8.64. The predicted molar refractivity (Wildman–Crippen MR) is 96.3 cm³/mol. The summed E-state index contributed by atoms with van der Waals surface area (Å²) in [7, 11) is -3.58. The van der Waals surface area contributed by atoms with E-state index in [0.717, 1.165) is 5.56 Å². The molecule has 134 valence electrons. The number of hydrogen-bond acceptors (Lipinski definition) is 4. The number of rotatable bonds is 8. The molecule has 0 aromatic heterocycles. The topological polar surface area (TPSA) is 84.5 Å². The van der Waals surface area contributed by atoms with E-state index in [-0.39, 0.29) is 23.9 Å². The molecule has 0 bridgehead atoms. The fourth-order valence-electron chi connectivity index (χ4n) is 2.19. The number of carbonyl (C=O) groups is 1. The van der Waals surface area contributed by atoms with Crippen molar-refractivity contribution in [3.8, 4) is 5.75 Å². The van der Waals surface area contributed by atoms with Crippen molar-refractivity contribution in [2.75, 3.05) is 19.7 Å². The monoisotopic (exact) mass is 362 g/mol. The van der Waals surface area contributed by atoms with Crippen molar-refractivity contribution in [2.24, 2.45) is 0 Å². The minimum absolute atomic E-state index is 0.0960. The minimum atomic E-state index is -3.58. The largest absolute Gasteiger partial charge is 0.493 e. The fourth-order valence-corrected chi connectivity index (χ4v) is 3.22. The van der Waals surface area contributed by atoms with E-state index in [1.165, 1.54) is 0 Å². The van der Waals surface area contributed by atoms with Gasteiger partial charge in [-0.05, 0) is 38.1 Å². The van der Waals surface area contributed by atoms with Crippen LogP contribution in [0, 0.1) is 6.92 Å². The third-order valence-corrected chi connectivity index (χ3v) is 4.94. The molecule has 0 unspecified atom stereocenters. The molecule has 2 aromatic rings. The van der Waals surface area contributed by atoms with Gasteiger partial charge in [-0.15, -0.1) is 0 Å². The first kappa shape index (κ1) is 19.0. The Hall–Kier alpha value is -2.38. The molecular weight excluding hydrogens is 340 g/mol. The van der Waals surface area contributed by atoms with Crippen LogP contribution in [-0.4, -0.2) is 34.0 Å². The van der Waals surface area contributed by atoms with Gasteiger partial charge < -0.3 is 10.1 Å². The van der Waals surface area contributed by atoms with Gasteiger partial charge in [0, 0.05) is 13.1 Å². The highest BCUT2D eigenvalue weighted by Gasteiger charge is 2.14. The van der Waals surface area contributed by atoms with E-state index >= 15 is 0 Å². The lowest BCUT2D eigenvalue weighted by atomic mass is 10.2. The number of hydrogen-bond donors (Lipinski definition) is 2. The molecule has 0 saturated carbocycles. The lowest BCUT2D eigenvalue weighted by molar-refractivity contribution is 0.0950. The van der Waals surface area contributed by atoms with E-state index in [2.05, 4.69) is 10.0 Å². The van der Waals surface area contributed by atoms with Crippen molar-refractivity contribution < 1.29 is 17.9 Å². The second-order valence-electron chi connectivity index (χ2n) is 5.40. The van der Waals surface area contributed by atoms with E-state index in [9.17, 15) is 13.2 Å². The van der Waals surface area contributed by atoms with Gasteiger partial charge >= 0.3 is 0 Å². The number of ether oxygens (including phenoxy) is 1. The molecule has 25 heavy (non-hydrogen) atoms. The molecule has 0 fully saturated rings. The third kappa shape index (κ3) is 5.30. The molecule has 0 aliphatic rings. The van der Waals surface area contributed by atoms with Crippen molar-refractivity contribution in [1.82, 2.24) is 10.0 Å². The van der Waals surface area contributed by atoms with Crippen LogP contribution >= 0.6 is 0 Å². The molecule has 2 rings (SSSR count). The molecule has 0 atom stereocenters. The minimum Gasteiger partial charge on any atom is -0.493 e. The summed E-state index contributed by atoms with van der Waals surface area (Å²) in [6, 6.07) is 13.5. The molecule has 0 saturated heterocycles. The molecule has 0 spiro atoms.